The van der Waals surface area contributed by atoms with Crippen LogP contribution in [-0.2, 0) is 9.59 Å². The van der Waals surface area contributed by atoms with Crippen LogP contribution in [-0.4, -0.2) is 12.6 Å². The molecule has 4 atom stereocenters. The lowest BCUT2D eigenvalue weighted by molar-refractivity contribution is -0.126. The van der Waals surface area contributed by atoms with Crippen LogP contribution in [0.4, 0.5) is 0 Å². The highest BCUT2D eigenvalue weighted by Crippen LogP contribution is 2.58. The summed E-state index contributed by atoms with van der Waals surface area (Å²) in [6.07, 6.45) is 11.1. The predicted octanol–water partition coefficient (Wildman–Crippen LogP) is 1.38. The summed E-state index contributed by atoms with van der Waals surface area (Å²) in [5.74, 6) is 1.66. The number of carbonyl (C=O) groups is 2. The molecule has 0 N–H and O–H groups in total. The van der Waals surface area contributed by atoms with E-state index in [0.717, 1.165) is 19.0 Å². The molecule has 14 heavy (non-hydrogen) atoms. The van der Waals surface area contributed by atoms with E-state index in [-0.39, 0.29) is 5.92 Å². The first-order valence-corrected chi connectivity index (χ1v) is 5.11. The third kappa shape index (κ3) is 0.729. The van der Waals surface area contributed by atoms with Crippen molar-refractivity contribution in [2.24, 2.45) is 29.1 Å². The van der Waals surface area contributed by atoms with Crippen LogP contribution >= 0.6 is 0 Å². The third-order valence-corrected chi connectivity index (χ3v) is 4.11. The van der Waals surface area contributed by atoms with Crippen molar-refractivity contribution < 1.29 is 9.59 Å². The molecule has 3 rings (SSSR count). The Balaban J connectivity index is 2.07. The molecule has 1 saturated carbocycles. The van der Waals surface area contributed by atoms with Crippen LogP contribution in [0.2, 0.25) is 0 Å². The summed E-state index contributed by atoms with van der Waals surface area (Å²) in [6.45, 7) is 0. The molecule has 0 radical (unpaired) electrons. The molecule has 0 aromatic rings. The van der Waals surface area contributed by atoms with Gasteiger partial charge in [-0.25, -0.2) is 0 Å². The van der Waals surface area contributed by atoms with E-state index >= 15 is 0 Å². The minimum absolute atomic E-state index is 0.215. The number of allylic oxidation sites excluding steroid dienone is 4. The van der Waals surface area contributed by atoms with Gasteiger partial charge in [0.2, 0.25) is 0 Å². The maximum atomic E-state index is 11.1. The zero-order valence-corrected chi connectivity index (χ0v) is 7.80. The first-order chi connectivity index (χ1) is 6.80. The average Bonchev–Trinajstić information content (AvgIpc) is 2.90. The number of carbonyl (C=O) groups excluding carboxylic acids is 2. The minimum atomic E-state index is -0.811. The summed E-state index contributed by atoms with van der Waals surface area (Å²) in [5.41, 5.74) is -0.811. The molecule has 0 spiro atoms. The number of aldehydes is 2. The molecule has 0 aromatic heterocycles. The first kappa shape index (κ1) is 8.16. The summed E-state index contributed by atoms with van der Waals surface area (Å²) in [7, 11) is 0. The van der Waals surface area contributed by atoms with Crippen molar-refractivity contribution >= 4 is 12.6 Å². The molecule has 72 valence electrons. The number of hydrogen-bond acceptors (Lipinski definition) is 2. The van der Waals surface area contributed by atoms with Crippen molar-refractivity contribution in [2.45, 2.75) is 6.42 Å². The molecule has 0 aromatic carbocycles. The van der Waals surface area contributed by atoms with E-state index in [1.165, 1.54) is 0 Å². The van der Waals surface area contributed by atoms with Crippen molar-refractivity contribution in [3.63, 3.8) is 0 Å². The number of fused-ring (bicyclic) bond motifs is 5. The first-order valence-electron chi connectivity index (χ1n) is 5.11. The fourth-order valence-corrected chi connectivity index (χ4v) is 3.48. The van der Waals surface area contributed by atoms with E-state index < -0.39 is 5.41 Å². The van der Waals surface area contributed by atoms with Crippen LogP contribution in [0.25, 0.3) is 0 Å². The van der Waals surface area contributed by atoms with E-state index in [2.05, 4.69) is 18.2 Å². The van der Waals surface area contributed by atoms with Gasteiger partial charge in [0.25, 0.3) is 0 Å². The summed E-state index contributed by atoms with van der Waals surface area (Å²) in [6, 6.07) is 0. The monoisotopic (exact) mass is 188 g/mol. The van der Waals surface area contributed by atoms with Gasteiger partial charge in [0, 0.05) is 0 Å². The van der Waals surface area contributed by atoms with Crippen molar-refractivity contribution in [1.82, 2.24) is 0 Å². The lowest BCUT2D eigenvalue weighted by Gasteiger charge is -2.29. The van der Waals surface area contributed by atoms with Crippen LogP contribution in [0.3, 0.4) is 0 Å². The van der Waals surface area contributed by atoms with Crippen molar-refractivity contribution in [3.8, 4) is 0 Å². The second-order valence-electron chi connectivity index (χ2n) is 4.65. The van der Waals surface area contributed by atoms with Gasteiger partial charge >= 0.3 is 0 Å². The molecule has 0 amide bonds. The highest BCUT2D eigenvalue weighted by molar-refractivity contribution is 5.88. The highest BCUT2D eigenvalue weighted by atomic mass is 16.1. The van der Waals surface area contributed by atoms with Crippen LogP contribution in [0.1, 0.15) is 6.42 Å². The predicted molar refractivity (Wildman–Crippen MR) is 51.4 cm³/mol. The van der Waals surface area contributed by atoms with Gasteiger partial charge in [0.05, 0.1) is 0 Å². The molecule has 0 saturated heterocycles. The zero-order chi connectivity index (χ0) is 9.76. The quantitative estimate of drug-likeness (QED) is 0.372. The lowest BCUT2D eigenvalue weighted by Crippen LogP contribution is -2.34. The Kier molecular flexibility index (Phi) is 1.42. The zero-order valence-electron chi connectivity index (χ0n) is 7.80. The van der Waals surface area contributed by atoms with Gasteiger partial charge in [-0.15, -0.1) is 0 Å². The van der Waals surface area contributed by atoms with E-state index in [1.807, 2.05) is 6.08 Å². The fraction of sp³-hybridized carbons (Fsp3) is 0.500. The molecule has 3 aliphatic carbocycles. The molecule has 4 unspecified atom stereocenters. The van der Waals surface area contributed by atoms with Crippen molar-refractivity contribution in [3.05, 3.63) is 24.3 Å². The lowest BCUT2D eigenvalue weighted by atomic mass is 9.72. The Hall–Kier alpha value is -1.18. The maximum absolute atomic E-state index is 11.1. The third-order valence-electron chi connectivity index (χ3n) is 4.11. The van der Waals surface area contributed by atoms with Gasteiger partial charge < -0.3 is 9.59 Å². The maximum Gasteiger partial charge on any atom is 0.137 e. The Morgan fingerprint density at radius 1 is 1.07 bits per heavy atom. The Morgan fingerprint density at radius 2 is 1.79 bits per heavy atom. The van der Waals surface area contributed by atoms with Crippen LogP contribution in [0, 0.1) is 29.1 Å². The Labute approximate surface area is 82.7 Å². The van der Waals surface area contributed by atoms with E-state index in [9.17, 15) is 9.59 Å². The van der Waals surface area contributed by atoms with Crippen molar-refractivity contribution in [1.29, 1.82) is 0 Å². The summed E-state index contributed by atoms with van der Waals surface area (Å²) < 4.78 is 0. The topological polar surface area (TPSA) is 34.1 Å². The Morgan fingerprint density at radius 3 is 2.50 bits per heavy atom. The largest absolute Gasteiger partial charge is 0.302 e. The summed E-state index contributed by atoms with van der Waals surface area (Å²) in [5, 5.41) is 0. The second kappa shape index (κ2) is 2.44. The number of hydrogen-bond donors (Lipinski definition) is 0. The average molecular weight is 188 g/mol. The molecule has 1 fully saturated rings. The SMILES string of the molecule is O=CC1(C=O)C=CC2C3C=CC(C3)C21. The summed E-state index contributed by atoms with van der Waals surface area (Å²) in [4.78, 5) is 22.1. The molecule has 2 heteroatoms. The Bertz CT molecular complexity index is 345. The van der Waals surface area contributed by atoms with Crippen LogP contribution in [0.15, 0.2) is 24.3 Å². The van der Waals surface area contributed by atoms with Gasteiger partial charge in [-0.2, -0.15) is 0 Å². The summed E-state index contributed by atoms with van der Waals surface area (Å²) >= 11 is 0. The molecule has 3 aliphatic rings. The van der Waals surface area contributed by atoms with Gasteiger partial charge in [0.15, 0.2) is 0 Å². The molecule has 0 aliphatic heterocycles. The van der Waals surface area contributed by atoms with E-state index in [1.54, 1.807) is 0 Å². The molecular weight excluding hydrogens is 176 g/mol. The second-order valence-corrected chi connectivity index (χ2v) is 4.65. The van der Waals surface area contributed by atoms with E-state index in [4.69, 9.17) is 0 Å². The van der Waals surface area contributed by atoms with E-state index in [0.29, 0.717) is 17.8 Å². The van der Waals surface area contributed by atoms with Crippen molar-refractivity contribution in [2.75, 3.05) is 0 Å². The van der Waals surface area contributed by atoms with Gasteiger partial charge in [-0.05, 0) is 30.1 Å². The molecule has 2 nitrogen and oxygen atoms in total. The van der Waals surface area contributed by atoms with Gasteiger partial charge in [-0.1, -0.05) is 24.3 Å². The highest BCUT2D eigenvalue weighted by Gasteiger charge is 2.55. The normalized spacial score (nSPS) is 45.4. The smallest absolute Gasteiger partial charge is 0.137 e. The minimum Gasteiger partial charge on any atom is -0.302 e. The molecule has 2 bridgehead atoms. The number of rotatable bonds is 2. The molecular formula is C12H12O2. The van der Waals surface area contributed by atoms with Crippen LogP contribution in [0.5, 0.6) is 0 Å². The molecule has 0 heterocycles. The van der Waals surface area contributed by atoms with Gasteiger partial charge in [0.1, 0.15) is 18.0 Å². The van der Waals surface area contributed by atoms with Gasteiger partial charge in [-0.3, -0.25) is 0 Å². The standard InChI is InChI=1S/C12H12O2/c13-6-12(7-14)4-3-10-8-1-2-9(5-8)11(10)12/h1-4,6-11H,5H2. The fourth-order valence-electron chi connectivity index (χ4n) is 3.48. The van der Waals surface area contributed by atoms with Crippen LogP contribution < -0.4 is 0 Å².